The minimum atomic E-state index is -1.97. The highest BCUT2D eigenvalue weighted by Gasteiger charge is 2.35. The Balaban J connectivity index is 2.74. The first-order chi connectivity index (χ1) is 9.49. The average Bonchev–Trinajstić information content (AvgIpc) is 2.38. The number of methoxy groups -OCH3 is 1. The average molecular weight is 349 g/mol. The van der Waals surface area contributed by atoms with Crippen molar-refractivity contribution < 1.29 is 9.16 Å². The van der Waals surface area contributed by atoms with Crippen molar-refractivity contribution in [3.63, 3.8) is 0 Å². The van der Waals surface area contributed by atoms with Gasteiger partial charge in [-0.25, -0.2) is 0 Å². The number of rotatable bonds is 9. The molecule has 0 aliphatic carbocycles. The Morgan fingerprint density at radius 1 is 1.25 bits per heavy atom. The van der Waals surface area contributed by atoms with Gasteiger partial charge in [0.1, 0.15) is 5.75 Å². The zero-order valence-electron chi connectivity index (χ0n) is 12.2. The molecule has 1 aromatic carbocycles. The van der Waals surface area contributed by atoms with Crippen LogP contribution in [0.3, 0.4) is 0 Å². The molecule has 20 heavy (non-hydrogen) atoms. The lowest BCUT2D eigenvalue weighted by molar-refractivity contribution is 0.232. The fraction of sp³-hybridized carbons (Fsp3) is 0.571. The number of halogens is 2. The lowest BCUT2D eigenvalue weighted by atomic mass is 10.3. The van der Waals surface area contributed by atoms with Gasteiger partial charge in [-0.05, 0) is 30.3 Å². The molecule has 0 spiro atoms. The highest BCUT2D eigenvalue weighted by atomic mass is 35.5. The number of hydrogen-bond acceptors (Lipinski definition) is 2. The molecule has 0 bridgehead atoms. The van der Waals surface area contributed by atoms with Gasteiger partial charge in [-0.2, -0.15) is 0 Å². The molecular weight excluding hydrogens is 327 g/mol. The van der Waals surface area contributed by atoms with E-state index in [-0.39, 0.29) is 4.46 Å². The Bertz CT molecular complexity index is 379. The van der Waals surface area contributed by atoms with Crippen LogP contribution < -0.4 is 4.43 Å². The van der Waals surface area contributed by atoms with Gasteiger partial charge in [0.2, 0.25) is 0 Å². The maximum absolute atomic E-state index is 6.29. The van der Waals surface area contributed by atoms with Crippen molar-refractivity contribution in [3.8, 4) is 5.75 Å². The van der Waals surface area contributed by atoms with Crippen LogP contribution >= 0.6 is 23.2 Å². The summed E-state index contributed by atoms with van der Waals surface area (Å²) in [7, 11) is 0.306. The van der Waals surface area contributed by atoms with Crippen LogP contribution in [0.4, 0.5) is 0 Å². The molecule has 0 saturated carbocycles. The first-order valence-electron chi connectivity index (χ1n) is 6.76. The van der Waals surface area contributed by atoms with Crippen LogP contribution in [-0.2, 0) is 4.74 Å². The molecule has 0 saturated heterocycles. The number of hydrogen-bond donors (Lipinski definition) is 0. The second-order valence-electron chi connectivity index (χ2n) is 5.07. The molecule has 1 aromatic rings. The Kier molecular flexibility index (Phi) is 8.21. The van der Waals surface area contributed by atoms with Gasteiger partial charge >= 0.3 is 0 Å². The third kappa shape index (κ3) is 6.63. The van der Waals surface area contributed by atoms with Crippen LogP contribution in [0, 0.1) is 0 Å². The molecule has 1 rings (SSSR count). The highest BCUT2D eigenvalue weighted by Crippen LogP contribution is 2.29. The Labute approximate surface area is 135 Å². The summed E-state index contributed by atoms with van der Waals surface area (Å²) >= 11 is 11.9. The number of alkyl halides is 2. The minimum Gasteiger partial charge on any atom is -0.541 e. The zero-order valence-corrected chi connectivity index (χ0v) is 15.7. The van der Waals surface area contributed by atoms with E-state index >= 15 is 0 Å². The summed E-state index contributed by atoms with van der Waals surface area (Å²) in [5.41, 5.74) is 0.505. The maximum atomic E-state index is 6.29. The molecule has 0 N–H and O–H groups in total. The van der Waals surface area contributed by atoms with Gasteiger partial charge in [-0.1, -0.05) is 31.5 Å². The highest BCUT2D eigenvalue weighted by molar-refractivity contribution is 6.76. The molecule has 112 valence electrons. The van der Waals surface area contributed by atoms with E-state index in [4.69, 9.17) is 32.4 Å². The van der Waals surface area contributed by atoms with E-state index in [0.29, 0.717) is 21.3 Å². The molecule has 0 aliphatic rings. The summed E-state index contributed by atoms with van der Waals surface area (Å²) in [4.78, 5) is 0. The molecule has 0 amide bonds. The second kappa shape index (κ2) is 9.10. The molecule has 2 radical (unpaired) electrons. The van der Waals surface area contributed by atoms with Gasteiger partial charge < -0.3 is 9.16 Å². The van der Waals surface area contributed by atoms with E-state index in [9.17, 15) is 0 Å². The van der Waals surface area contributed by atoms with Gasteiger partial charge in [0.05, 0.1) is 20.2 Å². The molecule has 2 nitrogen and oxygen atoms in total. The first kappa shape index (κ1) is 18.0. The predicted molar refractivity (Wildman–Crippen MR) is 90.7 cm³/mol. The number of ether oxygens (including phenoxy) is 1. The van der Waals surface area contributed by atoms with Crippen LogP contribution in [0.15, 0.2) is 30.3 Å². The van der Waals surface area contributed by atoms with Crippen LogP contribution in [-0.4, -0.2) is 35.6 Å². The summed E-state index contributed by atoms with van der Waals surface area (Å²) in [6.07, 6.45) is 1.75. The van der Waals surface area contributed by atoms with E-state index in [0.717, 1.165) is 18.2 Å². The predicted octanol–water partition coefficient (Wildman–Crippen LogP) is 4.49. The molecule has 6 heteroatoms. The topological polar surface area (TPSA) is 18.5 Å². The molecular formula is C14H22Cl2O2Si2. The van der Waals surface area contributed by atoms with Gasteiger partial charge in [-0.3, -0.25) is 0 Å². The minimum absolute atomic E-state index is 0.280. The number of para-hydroxylation sites is 1. The van der Waals surface area contributed by atoms with E-state index in [1.54, 1.807) is 7.11 Å². The van der Waals surface area contributed by atoms with Gasteiger partial charge in [0.25, 0.3) is 8.32 Å². The molecule has 0 fully saturated rings. The second-order valence-corrected chi connectivity index (χ2v) is 12.4. The van der Waals surface area contributed by atoms with E-state index in [1.807, 2.05) is 30.3 Å². The first-order valence-corrected chi connectivity index (χ1v) is 11.6. The summed E-state index contributed by atoms with van der Waals surface area (Å²) in [6.45, 7) is 4.39. The van der Waals surface area contributed by atoms with Crippen molar-refractivity contribution in [3.05, 3.63) is 30.3 Å². The summed E-state index contributed by atoms with van der Waals surface area (Å²) in [6, 6.07) is 11.0. The van der Waals surface area contributed by atoms with Crippen molar-refractivity contribution in [2.75, 3.05) is 13.3 Å². The molecule has 0 aliphatic heterocycles. The lowest BCUT2D eigenvalue weighted by Crippen LogP contribution is -2.45. The summed E-state index contributed by atoms with van der Waals surface area (Å²) in [5, 5.41) is 0. The smallest absolute Gasteiger partial charge is 0.273 e. The lowest BCUT2D eigenvalue weighted by Gasteiger charge is -2.31. The maximum Gasteiger partial charge on any atom is 0.273 e. The Morgan fingerprint density at radius 3 is 2.40 bits per heavy atom. The summed E-state index contributed by atoms with van der Waals surface area (Å²) < 4.78 is 11.4. The number of benzene rings is 1. The fourth-order valence-corrected chi connectivity index (χ4v) is 8.56. The van der Waals surface area contributed by atoms with Crippen LogP contribution in [0.2, 0.25) is 18.1 Å². The van der Waals surface area contributed by atoms with Crippen molar-refractivity contribution in [1.29, 1.82) is 0 Å². The largest absolute Gasteiger partial charge is 0.541 e. The van der Waals surface area contributed by atoms with Gasteiger partial charge in [-0.15, -0.1) is 23.2 Å². The standard InChI is InChI=1S/C14H22Cl2O2Si2/c1-4-13(19-14(15)16)10-20(3,11-17-2)18-12-8-6-5-7-9-12/h5-9,13-14H,4,10-11H2,1-3H3. The van der Waals surface area contributed by atoms with E-state index in [2.05, 4.69) is 13.5 Å². The SMILES string of the molecule is CCC(C[Si](C)(COC)Oc1ccccc1)[Si]C(Cl)Cl. The third-order valence-electron chi connectivity index (χ3n) is 3.09. The fourth-order valence-electron chi connectivity index (χ4n) is 2.23. The molecule has 2 atom stereocenters. The zero-order chi connectivity index (χ0) is 15.0. The third-order valence-corrected chi connectivity index (χ3v) is 8.57. The van der Waals surface area contributed by atoms with Crippen LogP contribution in [0.25, 0.3) is 0 Å². The quantitative estimate of drug-likeness (QED) is 0.483. The Morgan fingerprint density at radius 2 is 1.90 bits per heavy atom. The molecule has 2 unspecified atom stereocenters. The van der Waals surface area contributed by atoms with Gasteiger partial charge in [0, 0.05) is 7.11 Å². The molecule has 0 aromatic heterocycles. The normalized spacial score (nSPS) is 15.9. The Hall–Kier alpha value is -0.00623. The van der Waals surface area contributed by atoms with E-state index < -0.39 is 8.32 Å². The van der Waals surface area contributed by atoms with Crippen molar-refractivity contribution in [2.24, 2.45) is 0 Å². The van der Waals surface area contributed by atoms with Crippen molar-refractivity contribution in [2.45, 2.75) is 35.9 Å². The van der Waals surface area contributed by atoms with E-state index in [1.165, 1.54) is 0 Å². The van der Waals surface area contributed by atoms with Crippen molar-refractivity contribution in [1.82, 2.24) is 0 Å². The van der Waals surface area contributed by atoms with Gasteiger partial charge in [0.15, 0.2) is 0 Å². The summed E-state index contributed by atoms with van der Waals surface area (Å²) in [5.74, 6) is 0.921. The van der Waals surface area contributed by atoms with Crippen LogP contribution in [0.1, 0.15) is 13.3 Å². The monoisotopic (exact) mass is 348 g/mol. The van der Waals surface area contributed by atoms with Crippen molar-refractivity contribution >= 4 is 41.0 Å². The molecule has 0 heterocycles. The van der Waals surface area contributed by atoms with Crippen LogP contribution in [0.5, 0.6) is 5.75 Å².